The van der Waals surface area contributed by atoms with Crippen LogP contribution < -0.4 is 0 Å². The number of benzene rings is 1. The first kappa shape index (κ1) is 18.8. The van der Waals surface area contributed by atoms with Crippen molar-refractivity contribution in [3.63, 3.8) is 0 Å². The Morgan fingerprint density at radius 2 is 2.23 bits per heavy atom. The number of ether oxygens (including phenoxy) is 1. The first-order chi connectivity index (χ1) is 12.5. The highest BCUT2D eigenvalue weighted by molar-refractivity contribution is 9.10. The lowest BCUT2D eigenvalue weighted by atomic mass is 9.86. The first-order valence-electron chi connectivity index (χ1n) is 8.94. The average Bonchev–Trinajstić information content (AvgIpc) is 2.96. The molecule has 2 aromatic rings. The summed E-state index contributed by atoms with van der Waals surface area (Å²) in [5.74, 6) is 0.329. The van der Waals surface area contributed by atoms with E-state index in [-0.39, 0.29) is 11.7 Å². The number of aryl methyl sites for hydroxylation is 1. The summed E-state index contributed by atoms with van der Waals surface area (Å²) in [5, 5.41) is 13.7. The molecule has 1 aromatic carbocycles. The lowest BCUT2D eigenvalue weighted by Crippen LogP contribution is -2.25. The lowest BCUT2D eigenvalue weighted by molar-refractivity contribution is 0.0763. The molecule has 1 aliphatic carbocycles. The topological polar surface area (TPSA) is 67.9 Å². The molecule has 0 fully saturated rings. The molecule has 1 aliphatic rings. The van der Waals surface area contributed by atoms with Crippen LogP contribution in [0.5, 0.6) is 0 Å². The molecule has 0 amide bonds. The van der Waals surface area contributed by atoms with Crippen LogP contribution in [0.2, 0.25) is 0 Å². The molecule has 5 nitrogen and oxygen atoms in total. The summed E-state index contributed by atoms with van der Waals surface area (Å²) in [6.45, 7) is 5.36. The van der Waals surface area contributed by atoms with Crippen molar-refractivity contribution in [3.8, 4) is 11.8 Å². The Morgan fingerprint density at radius 1 is 1.42 bits per heavy atom. The van der Waals surface area contributed by atoms with Gasteiger partial charge in [0.2, 0.25) is 0 Å². The summed E-state index contributed by atoms with van der Waals surface area (Å²) in [6.07, 6.45) is 3.43. The van der Waals surface area contributed by atoms with Crippen molar-refractivity contribution in [2.24, 2.45) is 5.92 Å². The maximum absolute atomic E-state index is 12.7. The summed E-state index contributed by atoms with van der Waals surface area (Å²) in [7, 11) is 0. The number of carbonyl (C=O) groups is 1. The van der Waals surface area contributed by atoms with Crippen LogP contribution in [-0.2, 0) is 11.2 Å². The number of ketones is 1. The molecule has 136 valence electrons. The fraction of sp³-hybridized carbons (Fsp3) is 0.450. The van der Waals surface area contributed by atoms with Crippen molar-refractivity contribution in [2.45, 2.75) is 39.5 Å². The maximum atomic E-state index is 12.7. The van der Waals surface area contributed by atoms with Crippen LogP contribution in [-0.4, -0.2) is 28.8 Å². The van der Waals surface area contributed by atoms with E-state index in [1.54, 1.807) is 6.07 Å². The Morgan fingerprint density at radius 3 is 2.92 bits per heavy atom. The highest BCUT2D eigenvalue weighted by atomic mass is 79.9. The van der Waals surface area contributed by atoms with Crippen LogP contribution in [0.15, 0.2) is 22.7 Å². The fourth-order valence-corrected chi connectivity index (χ4v) is 3.85. The second kappa shape index (κ2) is 8.15. The third-order valence-corrected chi connectivity index (χ3v) is 5.36. The molecule has 3 rings (SSSR count). The van der Waals surface area contributed by atoms with Gasteiger partial charge in [0.25, 0.3) is 0 Å². The number of hydrogen-bond acceptors (Lipinski definition) is 4. The molecule has 0 saturated heterocycles. The summed E-state index contributed by atoms with van der Waals surface area (Å²) in [5.41, 5.74) is 3.87. The first-order valence-corrected chi connectivity index (χ1v) is 9.73. The number of rotatable bonds is 6. The van der Waals surface area contributed by atoms with E-state index in [4.69, 9.17) is 10.00 Å². The highest BCUT2D eigenvalue weighted by Crippen LogP contribution is 2.31. The van der Waals surface area contributed by atoms with Crippen molar-refractivity contribution < 1.29 is 9.53 Å². The van der Waals surface area contributed by atoms with Gasteiger partial charge in [0.05, 0.1) is 34.8 Å². The molecular weight excluding hydrogens is 394 g/mol. The van der Waals surface area contributed by atoms with Crippen molar-refractivity contribution in [2.75, 3.05) is 13.2 Å². The van der Waals surface area contributed by atoms with Gasteiger partial charge in [-0.1, -0.05) is 13.3 Å². The Balaban J connectivity index is 1.89. The molecule has 1 aromatic heterocycles. The number of carbonyl (C=O) groups excluding carboxylic acids is 1. The Bertz CT molecular complexity index is 867. The molecule has 26 heavy (non-hydrogen) atoms. The molecule has 0 spiro atoms. The summed E-state index contributed by atoms with van der Waals surface area (Å²) < 4.78 is 8.32. The summed E-state index contributed by atoms with van der Waals surface area (Å²) in [6, 6.07) is 7.64. The molecule has 1 atom stereocenters. The number of Topliss-reactive ketones (excluding diaryl/α,β-unsaturated/α-hetero) is 1. The van der Waals surface area contributed by atoms with Gasteiger partial charge in [0.1, 0.15) is 6.07 Å². The van der Waals surface area contributed by atoms with Gasteiger partial charge in [-0.2, -0.15) is 10.4 Å². The predicted molar refractivity (Wildman–Crippen MR) is 103 cm³/mol. The van der Waals surface area contributed by atoms with E-state index in [0.717, 1.165) is 53.0 Å². The van der Waals surface area contributed by atoms with E-state index in [0.29, 0.717) is 18.6 Å². The smallest absolute Gasteiger partial charge is 0.166 e. The largest absolute Gasteiger partial charge is 0.381 e. The molecule has 0 aliphatic heterocycles. The van der Waals surface area contributed by atoms with Crippen LogP contribution >= 0.6 is 15.9 Å². The van der Waals surface area contributed by atoms with Crippen molar-refractivity contribution in [1.82, 2.24) is 9.78 Å². The van der Waals surface area contributed by atoms with Gasteiger partial charge in [-0.25, -0.2) is 4.68 Å². The van der Waals surface area contributed by atoms with Gasteiger partial charge in [-0.05, 0) is 59.8 Å². The monoisotopic (exact) mass is 415 g/mol. The van der Waals surface area contributed by atoms with E-state index in [1.165, 1.54) is 0 Å². The van der Waals surface area contributed by atoms with Gasteiger partial charge < -0.3 is 4.74 Å². The SMILES string of the molecule is CCCCOCC1CC(=O)c2c(C)nn(-c3ccc(C#N)c(Br)c3)c2C1. The van der Waals surface area contributed by atoms with Gasteiger partial charge >= 0.3 is 0 Å². The minimum Gasteiger partial charge on any atom is -0.381 e. The second-order valence-corrected chi connectivity index (χ2v) is 7.58. The van der Waals surface area contributed by atoms with E-state index in [9.17, 15) is 4.79 Å². The van der Waals surface area contributed by atoms with Crippen LogP contribution in [0.4, 0.5) is 0 Å². The third-order valence-electron chi connectivity index (χ3n) is 4.70. The number of hydrogen-bond donors (Lipinski definition) is 0. The number of fused-ring (bicyclic) bond motifs is 1. The molecular formula is C20H22BrN3O2. The maximum Gasteiger partial charge on any atom is 0.166 e. The molecule has 0 saturated carbocycles. The van der Waals surface area contributed by atoms with E-state index in [2.05, 4.69) is 34.0 Å². The summed E-state index contributed by atoms with van der Waals surface area (Å²) in [4.78, 5) is 12.7. The minimum absolute atomic E-state index is 0.145. The number of nitrogens with zero attached hydrogens (tertiary/aromatic N) is 3. The van der Waals surface area contributed by atoms with Crippen LogP contribution in [0.25, 0.3) is 5.69 Å². The predicted octanol–water partition coefficient (Wildman–Crippen LogP) is 4.38. The van der Waals surface area contributed by atoms with Crippen LogP contribution in [0.1, 0.15) is 53.5 Å². The average molecular weight is 416 g/mol. The van der Waals surface area contributed by atoms with Crippen LogP contribution in [0.3, 0.4) is 0 Å². The summed E-state index contributed by atoms with van der Waals surface area (Å²) >= 11 is 3.43. The molecule has 0 N–H and O–H groups in total. The Kier molecular flexibility index (Phi) is 5.90. The van der Waals surface area contributed by atoms with Gasteiger partial charge in [0, 0.05) is 17.5 Å². The fourth-order valence-electron chi connectivity index (χ4n) is 3.39. The zero-order chi connectivity index (χ0) is 18.7. The minimum atomic E-state index is 0.145. The van der Waals surface area contributed by atoms with E-state index in [1.807, 2.05) is 23.7 Å². The lowest BCUT2D eigenvalue weighted by Gasteiger charge is -2.22. The van der Waals surface area contributed by atoms with Gasteiger partial charge in [-0.3, -0.25) is 4.79 Å². The standard InChI is InChI=1S/C20H22BrN3O2/c1-3-4-7-26-12-14-8-18-20(19(25)9-14)13(2)23-24(18)16-6-5-15(11-22)17(21)10-16/h5-6,10,14H,3-4,7-9,12H2,1-2H3. The van der Waals surface area contributed by atoms with Crippen molar-refractivity contribution in [3.05, 3.63) is 45.2 Å². The normalized spacial score (nSPS) is 16.4. The van der Waals surface area contributed by atoms with E-state index < -0.39 is 0 Å². The number of nitriles is 1. The molecule has 1 unspecified atom stereocenters. The zero-order valence-corrected chi connectivity index (χ0v) is 16.7. The second-order valence-electron chi connectivity index (χ2n) is 6.72. The quantitative estimate of drug-likeness (QED) is 0.656. The number of unbranched alkanes of at least 4 members (excludes halogenated alkanes) is 1. The Labute approximate surface area is 162 Å². The molecule has 1 heterocycles. The number of aromatic nitrogens is 2. The van der Waals surface area contributed by atoms with Gasteiger partial charge in [0.15, 0.2) is 5.78 Å². The van der Waals surface area contributed by atoms with Crippen LogP contribution in [0, 0.1) is 24.2 Å². The number of halogens is 1. The highest BCUT2D eigenvalue weighted by Gasteiger charge is 2.31. The van der Waals surface area contributed by atoms with Crippen molar-refractivity contribution in [1.29, 1.82) is 5.26 Å². The molecule has 0 radical (unpaired) electrons. The van der Waals surface area contributed by atoms with Gasteiger partial charge in [-0.15, -0.1) is 0 Å². The molecule has 0 bridgehead atoms. The molecule has 6 heteroatoms. The Hall–Kier alpha value is -1.97. The third kappa shape index (κ3) is 3.74. The van der Waals surface area contributed by atoms with E-state index >= 15 is 0 Å². The van der Waals surface area contributed by atoms with Crippen molar-refractivity contribution >= 4 is 21.7 Å². The zero-order valence-electron chi connectivity index (χ0n) is 15.1.